The maximum Gasteiger partial charge on any atom is 0.0740 e. The van der Waals surface area contributed by atoms with Gasteiger partial charge in [0.2, 0.25) is 0 Å². The van der Waals surface area contributed by atoms with Crippen LogP contribution in [0, 0.1) is 0 Å². The molecule has 0 aliphatic carbocycles. The third kappa shape index (κ3) is 4.02. The summed E-state index contributed by atoms with van der Waals surface area (Å²) in [6.07, 6.45) is 2.30. The van der Waals surface area contributed by atoms with E-state index >= 15 is 0 Å². The van der Waals surface area contributed by atoms with E-state index in [1.165, 1.54) is 4.88 Å². The van der Waals surface area contributed by atoms with Gasteiger partial charge in [0.25, 0.3) is 0 Å². The smallest absolute Gasteiger partial charge is 0.0740 e. The zero-order chi connectivity index (χ0) is 15.4. The van der Waals surface area contributed by atoms with Gasteiger partial charge in [0, 0.05) is 25.8 Å². The van der Waals surface area contributed by atoms with Gasteiger partial charge in [-0.2, -0.15) is 0 Å². The summed E-state index contributed by atoms with van der Waals surface area (Å²) in [5, 5.41) is 4.72. The molecule has 0 aliphatic rings. The minimum atomic E-state index is 0.420. The highest BCUT2D eigenvalue weighted by molar-refractivity contribution is 9.10. The molecule has 1 nitrogen and oxygen atoms in total. The Morgan fingerprint density at radius 2 is 1.90 bits per heavy atom. The van der Waals surface area contributed by atoms with Crippen molar-refractivity contribution in [3.8, 4) is 10.4 Å². The Hall–Kier alpha value is -0.0600. The molecule has 21 heavy (non-hydrogen) atoms. The molecule has 0 spiro atoms. The van der Waals surface area contributed by atoms with Crippen LogP contribution in [0.5, 0.6) is 0 Å². The first-order valence-corrected chi connectivity index (χ1v) is 9.42. The third-order valence-corrected chi connectivity index (χ3v) is 6.30. The molecule has 0 radical (unpaired) electrons. The number of benzene rings is 1. The number of hydrogen-bond acceptors (Lipinski definition) is 2. The fourth-order valence-corrected chi connectivity index (χ4v) is 4.36. The van der Waals surface area contributed by atoms with E-state index in [-0.39, 0.29) is 0 Å². The van der Waals surface area contributed by atoms with Crippen LogP contribution in [0.4, 0.5) is 0 Å². The van der Waals surface area contributed by atoms with Gasteiger partial charge in [-0.25, -0.2) is 0 Å². The number of hydrogen-bond donors (Lipinski definition) is 1. The van der Waals surface area contributed by atoms with Crippen LogP contribution in [0.3, 0.4) is 0 Å². The Balaban J connectivity index is 2.33. The summed E-state index contributed by atoms with van der Waals surface area (Å²) in [5.74, 6) is 0. The highest BCUT2D eigenvalue weighted by Crippen LogP contribution is 2.41. The SMILES string of the molecule is CCCC(NCC)c1ccc(-c2ccc(Br)c(Cl)c2Cl)s1. The highest BCUT2D eigenvalue weighted by atomic mass is 79.9. The van der Waals surface area contributed by atoms with Crippen molar-refractivity contribution in [1.82, 2.24) is 5.32 Å². The lowest BCUT2D eigenvalue weighted by molar-refractivity contribution is 0.516. The number of halogens is 3. The average Bonchev–Trinajstić information content (AvgIpc) is 2.94. The average molecular weight is 407 g/mol. The van der Waals surface area contributed by atoms with Gasteiger partial charge in [0.1, 0.15) is 0 Å². The molecular weight excluding hydrogens is 389 g/mol. The third-order valence-electron chi connectivity index (χ3n) is 3.30. The predicted molar refractivity (Wildman–Crippen MR) is 98.8 cm³/mol. The van der Waals surface area contributed by atoms with Crippen LogP contribution in [-0.2, 0) is 0 Å². The molecule has 0 fully saturated rings. The van der Waals surface area contributed by atoms with Crippen molar-refractivity contribution in [3.63, 3.8) is 0 Å². The van der Waals surface area contributed by atoms with Crippen LogP contribution in [-0.4, -0.2) is 6.54 Å². The van der Waals surface area contributed by atoms with Gasteiger partial charge in [-0.3, -0.25) is 0 Å². The van der Waals surface area contributed by atoms with Crippen molar-refractivity contribution >= 4 is 50.5 Å². The predicted octanol–water partition coefficient (Wildman–Crippen LogP) is 6.94. The van der Waals surface area contributed by atoms with Crippen molar-refractivity contribution in [1.29, 1.82) is 0 Å². The Morgan fingerprint density at radius 3 is 2.57 bits per heavy atom. The van der Waals surface area contributed by atoms with E-state index in [1.54, 1.807) is 11.3 Å². The lowest BCUT2D eigenvalue weighted by Crippen LogP contribution is -2.19. The maximum absolute atomic E-state index is 6.37. The number of thiophene rings is 1. The van der Waals surface area contributed by atoms with Crippen molar-refractivity contribution in [2.24, 2.45) is 0 Å². The van der Waals surface area contributed by atoms with Crippen molar-refractivity contribution in [2.75, 3.05) is 6.54 Å². The van der Waals surface area contributed by atoms with E-state index in [1.807, 2.05) is 12.1 Å². The molecule has 1 N–H and O–H groups in total. The Labute approximate surface area is 148 Å². The summed E-state index contributed by atoms with van der Waals surface area (Å²) in [6, 6.07) is 8.69. The molecule has 1 atom stereocenters. The molecule has 2 aromatic rings. The van der Waals surface area contributed by atoms with Gasteiger partial charge in [0.15, 0.2) is 0 Å². The van der Waals surface area contributed by atoms with Crippen LogP contribution in [0.2, 0.25) is 10.0 Å². The largest absolute Gasteiger partial charge is 0.310 e. The van der Waals surface area contributed by atoms with Gasteiger partial charge in [0.05, 0.1) is 10.0 Å². The standard InChI is InChI=1S/C16H18BrCl2NS/c1-3-5-12(20-4-2)14-9-8-13(21-14)10-6-7-11(17)16(19)15(10)18/h6-9,12,20H,3-5H2,1-2H3. The minimum Gasteiger partial charge on any atom is -0.310 e. The van der Waals surface area contributed by atoms with E-state index in [2.05, 4.69) is 47.2 Å². The highest BCUT2D eigenvalue weighted by Gasteiger charge is 2.15. The van der Waals surface area contributed by atoms with Crippen molar-refractivity contribution < 1.29 is 0 Å². The summed E-state index contributed by atoms with van der Waals surface area (Å²) in [4.78, 5) is 2.51. The minimum absolute atomic E-state index is 0.420. The van der Waals surface area contributed by atoms with Crippen molar-refractivity contribution in [3.05, 3.63) is 43.7 Å². The second kappa shape index (κ2) is 7.98. The number of nitrogens with one attached hydrogen (secondary N) is 1. The first-order chi connectivity index (χ1) is 10.1. The zero-order valence-electron chi connectivity index (χ0n) is 12.1. The van der Waals surface area contributed by atoms with Crippen LogP contribution < -0.4 is 5.32 Å². The van der Waals surface area contributed by atoms with E-state index < -0.39 is 0 Å². The molecule has 0 amide bonds. The molecule has 1 aromatic heterocycles. The summed E-state index contributed by atoms with van der Waals surface area (Å²) in [5.41, 5.74) is 0.993. The second-order valence-electron chi connectivity index (χ2n) is 4.82. The molecular formula is C16H18BrCl2NS. The Bertz CT molecular complexity index is 606. The molecule has 1 heterocycles. The second-order valence-corrected chi connectivity index (χ2v) is 7.55. The van der Waals surface area contributed by atoms with Gasteiger partial charge in [-0.05, 0) is 47.1 Å². The molecule has 1 aromatic carbocycles. The van der Waals surface area contributed by atoms with Gasteiger partial charge in [-0.15, -0.1) is 11.3 Å². The van der Waals surface area contributed by atoms with Crippen LogP contribution >= 0.6 is 50.5 Å². The van der Waals surface area contributed by atoms with E-state index in [9.17, 15) is 0 Å². The Morgan fingerprint density at radius 1 is 1.14 bits per heavy atom. The first-order valence-electron chi connectivity index (χ1n) is 7.05. The first kappa shape index (κ1) is 17.3. The zero-order valence-corrected chi connectivity index (χ0v) is 16.0. The summed E-state index contributed by atoms with van der Waals surface area (Å²) < 4.78 is 0.825. The van der Waals surface area contributed by atoms with E-state index in [0.717, 1.165) is 34.3 Å². The van der Waals surface area contributed by atoms with Gasteiger partial charge < -0.3 is 5.32 Å². The summed E-state index contributed by atoms with van der Waals surface area (Å²) >= 11 is 17.8. The lowest BCUT2D eigenvalue weighted by atomic mass is 10.1. The van der Waals surface area contributed by atoms with Gasteiger partial charge >= 0.3 is 0 Å². The molecule has 1 unspecified atom stereocenters. The molecule has 5 heteroatoms. The normalized spacial score (nSPS) is 12.6. The van der Waals surface area contributed by atoms with Crippen LogP contribution in [0.1, 0.15) is 37.6 Å². The maximum atomic E-state index is 6.37. The fourth-order valence-electron chi connectivity index (χ4n) is 2.28. The van der Waals surface area contributed by atoms with E-state index in [4.69, 9.17) is 23.2 Å². The number of rotatable bonds is 6. The van der Waals surface area contributed by atoms with Gasteiger partial charge in [-0.1, -0.05) is 49.5 Å². The van der Waals surface area contributed by atoms with E-state index in [0.29, 0.717) is 16.1 Å². The Kier molecular flexibility index (Phi) is 6.57. The van der Waals surface area contributed by atoms with Crippen molar-refractivity contribution in [2.45, 2.75) is 32.7 Å². The molecule has 2 rings (SSSR count). The molecule has 114 valence electrons. The fraction of sp³-hybridized carbons (Fsp3) is 0.375. The summed E-state index contributed by atoms with van der Waals surface area (Å²) in [7, 11) is 0. The lowest BCUT2D eigenvalue weighted by Gasteiger charge is -2.15. The quantitative estimate of drug-likeness (QED) is 0.512. The molecule has 0 saturated carbocycles. The molecule has 0 saturated heterocycles. The topological polar surface area (TPSA) is 12.0 Å². The molecule has 0 bridgehead atoms. The molecule has 0 aliphatic heterocycles. The summed E-state index contributed by atoms with van der Waals surface area (Å²) in [6.45, 7) is 5.33. The monoisotopic (exact) mass is 405 g/mol. The van der Waals surface area contributed by atoms with Crippen LogP contribution in [0.25, 0.3) is 10.4 Å². The van der Waals surface area contributed by atoms with Crippen LogP contribution in [0.15, 0.2) is 28.7 Å².